The van der Waals surface area contributed by atoms with E-state index in [1.54, 1.807) is 30.3 Å². The van der Waals surface area contributed by atoms with E-state index in [9.17, 15) is 22.8 Å². The van der Waals surface area contributed by atoms with E-state index in [0.717, 1.165) is 12.1 Å². The highest BCUT2D eigenvalue weighted by atomic mass is 35.5. The molecule has 3 aromatic rings. The van der Waals surface area contributed by atoms with Crippen LogP contribution in [-0.4, -0.2) is 37.1 Å². The molecule has 1 saturated heterocycles. The zero-order chi connectivity index (χ0) is 24.5. The first-order valence-electron chi connectivity index (χ1n) is 10.1. The third-order valence-corrected chi connectivity index (χ3v) is 5.48. The molecule has 1 fully saturated rings. The van der Waals surface area contributed by atoms with Crippen molar-refractivity contribution < 1.29 is 27.5 Å². The van der Waals surface area contributed by atoms with Gasteiger partial charge < -0.3 is 10.1 Å². The zero-order valence-corrected chi connectivity index (χ0v) is 18.5. The van der Waals surface area contributed by atoms with Crippen LogP contribution < -0.4 is 19.9 Å². The predicted octanol–water partition coefficient (Wildman–Crippen LogP) is 5.35. The average Bonchev–Trinajstić information content (AvgIpc) is 3.20. The lowest BCUT2D eigenvalue weighted by atomic mass is 10.2. The maximum absolute atomic E-state index is 13.2. The molecule has 2 heterocycles. The summed E-state index contributed by atoms with van der Waals surface area (Å²) in [4.78, 5) is 31.3. The van der Waals surface area contributed by atoms with Crippen LogP contribution in [0.4, 0.5) is 29.3 Å². The molecule has 0 radical (unpaired) electrons. The van der Waals surface area contributed by atoms with Gasteiger partial charge in [-0.15, -0.1) is 0 Å². The third kappa shape index (κ3) is 4.76. The summed E-state index contributed by atoms with van der Waals surface area (Å²) in [6.45, 7) is 0.512. The molecule has 176 valence electrons. The molecule has 7 nitrogen and oxygen atoms in total. The number of carbonyl (C=O) groups is 2. The van der Waals surface area contributed by atoms with Crippen molar-refractivity contribution in [2.75, 3.05) is 29.9 Å². The molecule has 0 aliphatic carbocycles. The third-order valence-electron chi connectivity index (χ3n) is 5.15. The number of rotatable bonds is 5. The van der Waals surface area contributed by atoms with E-state index < -0.39 is 22.8 Å². The normalized spacial score (nSPS) is 13.9. The second kappa shape index (κ2) is 9.22. The van der Waals surface area contributed by atoms with Crippen LogP contribution in [0.1, 0.15) is 16.1 Å². The molecule has 34 heavy (non-hydrogen) atoms. The minimum Gasteiger partial charge on any atom is -0.457 e. The van der Waals surface area contributed by atoms with Crippen molar-refractivity contribution in [3.63, 3.8) is 0 Å². The van der Waals surface area contributed by atoms with Crippen LogP contribution in [0.25, 0.3) is 0 Å². The molecule has 4 rings (SSSR count). The number of aromatic nitrogens is 1. The molecule has 1 aromatic heterocycles. The molecule has 0 atom stereocenters. The Hall–Kier alpha value is -3.79. The number of hydrogen-bond acceptors (Lipinski definition) is 4. The van der Waals surface area contributed by atoms with Gasteiger partial charge in [-0.05, 0) is 48.5 Å². The van der Waals surface area contributed by atoms with Crippen LogP contribution in [0.5, 0.6) is 11.5 Å². The van der Waals surface area contributed by atoms with E-state index in [1.165, 1.54) is 35.2 Å². The van der Waals surface area contributed by atoms with E-state index in [1.807, 2.05) is 0 Å². The quantitative estimate of drug-likeness (QED) is 0.523. The number of pyridine rings is 1. The molecular weight excluding hydrogens is 473 g/mol. The topological polar surface area (TPSA) is 74.8 Å². The van der Waals surface area contributed by atoms with Crippen molar-refractivity contribution in [2.45, 2.75) is 6.18 Å². The second-order valence-corrected chi connectivity index (χ2v) is 7.71. The molecule has 0 bridgehead atoms. The van der Waals surface area contributed by atoms with Crippen molar-refractivity contribution >= 4 is 34.9 Å². The molecule has 1 N–H and O–H groups in total. The first kappa shape index (κ1) is 23.4. The van der Waals surface area contributed by atoms with Gasteiger partial charge >= 0.3 is 12.2 Å². The Morgan fingerprint density at radius 1 is 1.00 bits per heavy atom. The van der Waals surface area contributed by atoms with Crippen molar-refractivity contribution in [1.29, 1.82) is 0 Å². The fraction of sp³-hybridized carbons (Fsp3) is 0.174. The van der Waals surface area contributed by atoms with Gasteiger partial charge in [-0.2, -0.15) is 13.2 Å². The second-order valence-electron chi connectivity index (χ2n) is 7.30. The molecule has 0 saturated carbocycles. The Morgan fingerprint density at radius 2 is 1.65 bits per heavy atom. The number of nitrogens with zero attached hydrogens (tertiary/aromatic N) is 3. The lowest BCUT2D eigenvalue weighted by Crippen LogP contribution is -2.31. The maximum atomic E-state index is 13.2. The summed E-state index contributed by atoms with van der Waals surface area (Å²) < 4.78 is 45.3. The summed E-state index contributed by atoms with van der Waals surface area (Å²) in [5.41, 5.74) is -0.107. The lowest BCUT2D eigenvalue weighted by molar-refractivity contribution is -0.137. The number of hydrogen-bond donors (Lipinski definition) is 1. The standard InChI is InChI=1S/C23H18ClF3N4O3/c1-28-21(32)20-13-17(8-9-29-20)34-16-5-2-14(3-6-16)30-10-11-31(22(30)33)15-4-7-19(24)18(12-15)23(25,26)27/h2-9,12-13H,10-11H2,1H3,(H,28,32). The van der Waals surface area contributed by atoms with Crippen molar-refractivity contribution in [3.05, 3.63) is 77.1 Å². The molecule has 11 heteroatoms. The SMILES string of the molecule is CNC(=O)c1cc(Oc2ccc(N3CCN(c4ccc(Cl)c(C(F)(F)F)c4)C3=O)cc2)ccn1. The molecule has 1 aliphatic heterocycles. The Bertz CT molecular complexity index is 1230. The smallest absolute Gasteiger partial charge is 0.417 e. The summed E-state index contributed by atoms with van der Waals surface area (Å²) >= 11 is 5.68. The molecule has 3 amide bonds. The highest BCUT2D eigenvalue weighted by molar-refractivity contribution is 6.31. The number of halogens is 4. The van der Waals surface area contributed by atoms with Gasteiger partial charge in [-0.3, -0.25) is 19.6 Å². The Labute approximate surface area is 197 Å². The molecule has 0 spiro atoms. The fourth-order valence-corrected chi connectivity index (χ4v) is 3.70. The number of urea groups is 1. The number of alkyl halides is 3. The van der Waals surface area contributed by atoms with Gasteiger partial charge in [0.15, 0.2) is 0 Å². The lowest BCUT2D eigenvalue weighted by Gasteiger charge is -2.20. The van der Waals surface area contributed by atoms with Gasteiger partial charge in [0.25, 0.3) is 5.91 Å². The minimum atomic E-state index is -4.62. The number of benzene rings is 2. The van der Waals surface area contributed by atoms with Crippen LogP contribution in [0.2, 0.25) is 5.02 Å². The number of nitrogens with one attached hydrogen (secondary N) is 1. The molecule has 1 aliphatic rings. The minimum absolute atomic E-state index is 0.119. The highest BCUT2D eigenvalue weighted by Crippen LogP contribution is 2.38. The van der Waals surface area contributed by atoms with Crippen molar-refractivity contribution in [1.82, 2.24) is 10.3 Å². The largest absolute Gasteiger partial charge is 0.457 e. The van der Waals surface area contributed by atoms with Crippen molar-refractivity contribution in [2.24, 2.45) is 0 Å². The zero-order valence-electron chi connectivity index (χ0n) is 17.8. The summed E-state index contributed by atoms with van der Waals surface area (Å²) in [5.74, 6) is 0.530. The summed E-state index contributed by atoms with van der Waals surface area (Å²) in [6, 6.07) is 12.7. The van der Waals surface area contributed by atoms with Gasteiger partial charge in [0, 0.05) is 43.8 Å². The Balaban J connectivity index is 1.48. The van der Waals surface area contributed by atoms with Gasteiger partial charge in [0.2, 0.25) is 0 Å². The number of amides is 3. The Kier molecular flexibility index (Phi) is 6.34. The maximum Gasteiger partial charge on any atom is 0.417 e. The average molecular weight is 491 g/mol. The van der Waals surface area contributed by atoms with Crippen LogP contribution >= 0.6 is 11.6 Å². The predicted molar refractivity (Wildman–Crippen MR) is 121 cm³/mol. The van der Waals surface area contributed by atoms with Crippen LogP contribution in [0.3, 0.4) is 0 Å². The number of carbonyl (C=O) groups excluding carboxylic acids is 2. The van der Waals surface area contributed by atoms with Crippen LogP contribution in [-0.2, 0) is 6.18 Å². The van der Waals surface area contributed by atoms with E-state index in [2.05, 4.69) is 10.3 Å². The summed E-state index contributed by atoms with van der Waals surface area (Å²) in [5, 5.41) is 2.06. The van der Waals surface area contributed by atoms with E-state index >= 15 is 0 Å². The molecular formula is C23H18ClF3N4O3. The van der Waals surface area contributed by atoms with E-state index in [4.69, 9.17) is 16.3 Å². The first-order valence-corrected chi connectivity index (χ1v) is 10.5. The number of anilines is 2. The monoisotopic (exact) mass is 490 g/mol. The van der Waals surface area contributed by atoms with E-state index in [-0.39, 0.29) is 23.8 Å². The van der Waals surface area contributed by atoms with Gasteiger partial charge in [0.05, 0.1) is 10.6 Å². The number of ether oxygens (including phenoxy) is 1. The van der Waals surface area contributed by atoms with Gasteiger partial charge in [0.1, 0.15) is 17.2 Å². The van der Waals surface area contributed by atoms with Gasteiger partial charge in [-0.25, -0.2) is 4.79 Å². The van der Waals surface area contributed by atoms with Crippen molar-refractivity contribution in [3.8, 4) is 11.5 Å². The molecule has 2 aromatic carbocycles. The molecule has 0 unspecified atom stereocenters. The fourth-order valence-electron chi connectivity index (χ4n) is 3.47. The van der Waals surface area contributed by atoms with E-state index in [0.29, 0.717) is 23.7 Å². The summed E-state index contributed by atoms with van der Waals surface area (Å²) in [7, 11) is 1.50. The van der Waals surface area contributed by atoms with Crippen LogP contribution in [0, 0.1) is 0 Å². The van der Waals surface area contributed by atoms with Crippen LogP contribution in [0.15, 0.2) is 60.8 Å². The highest BCUT2D eigenvalue weighted by Gasteiger charge is 2.36. The summed E-state index contributed by atoms with van der Waals surface area (Å²) in [6.07, 6.45) is -3.17. The Morgan fingerprint density at radius 3 is 2.29 bits per heavy atom. The first-order chi connectivity index (χ1) is 16.2. The van der Waals surface area contributed by atoms with Gasteiger partial charge in [-0.1, -0.05) is 11.6 Å².